The fraction of sp³-hybridized carbons (Fsp3) is 0.207. The third-order valence-electron chi connectivity index (χ3n) is 6.24. The Morgan fingerprint density at radius 1 is 1.11 bits per heavy atom. The summed E-state index contributed by atoms with van der Waals surface area (Å²) in [5.41, 5.74) is 2.56. The van der Waals surface area contributed by atoms with Crippen LogP contribution in [-0.2, 0) is 9.59 Å². The highest BCUT2D eigenvalue weighted by molar-refractivity contribution is 6.51. The Morgan fingerprint density at radius 3 is 2.57 bits per heavy atom. The van der Waals surface area contributed by atoms with Crippen LogP contribution in [-0.4, -0.2) is 33.4 Å². The minimum absolute atomic E-state index is 0.0573. The Kier molecular flexibility index (Phi) is 6.25. The van der Waals surface area contributed by atoms with Crippen molar-refractivity contribution in [2.75, 3.05) is 11.5 Å². The van der Waals surface area contributed by atoms with E-state index in [-0.39, 0.29) is 17.3 Å². The molecule has 8 heteroatoms. The van der Waals surface area contributed by atoms with E-state index in [1.807, 2.05) is 13.0 Å². The maximum Gasteiger partial charge on any atom is 0.302 e. The number of carbonyl (C=O) groups is 2. The number of rotatable bonds is 6. The number of aromatic nitrogens is 2. The molecule has 1 saturated heterocycles. The Morgan fingerprint density at radius 2 is 1.86 bits per heavy atom. The lowest BCUT2D eigenvalue weighted by Gasteiger charge is -2.23. The van der Waals surface area contributed by atoms with E-state index < -0.39 is 23.5 Å². The van der Waals surface area contributed by atoms with Gasteiger partial charge in [-0.2, -0.15) is 0 Å². The number of aliphatic hydroxyl groups is 1. The molecule has 0 aliphatic carbocycles. The number of Topliss-reactive ketones (excluding diaryl/α,β-unsaturated/α-hetero) is 1. The zero-order valence-electron chi connectivity index (χ0n) is 20.7. The zero-order chi connectivity index (χ0) is 26.3. The fourth-order valence-corrected chi connectivity index (χ4v) is 4.45. The van der Waals surface area contributed by atoms with Gasteiger partial charge in [0.2, 0.25) is 5.95 Å². The summed E-state index contributed by atoms with van der Waals surface area (Å²) in [6.45, 7) is 6.51. The molecule has 1 aliphatic rings. The van der Waals surface area contributed by atoms with Gasteiger partial charge in [-0.1, -0.05) is 44.2 Å². The highest BCUT2D eigenvalue weighted by Gasteiger charge is 2.48. The molecule has 1 aliphatic heterocycles. The normalized spacial score (nSPS) is 17.2. The van der Waals surface area contributed by atoms with E-state index in [1.54, 1.807) is 42.5 Å². The van der Waals surface area contributed by atoms with Crippen LogP contribution < -0.4 is 9.64 Å². The molecule has 1 amide bonds. The van der Waals surface area contributed by atoms with Gasteiger partial charge in [-0.25, -0.2) is 9.37 Å². The van der Waals surface area contributed by atoms with Gasteiger partial charge in [-0.3, -0.25) is 14.5 Å². The lowest BCUT2D eigenvalue weighted by atomic mass is 9.95. The van der Waals surface area contributed by atoms with Gasteiger partial charge in [0.15, 0.2) is 0 Å². The zero-order valence-corrected chi connectivity index (χ0v) is 20.7. The van der Waals surface area contributed by atoms with Crippen molar-refractivity contribution in [1.29, 1.82) is 0 Å². The van der Waals surface area contributed by atoms with E-state index in [9.17, 15) is 19.1 Å². The van der Waals surface area contributed by atoms with Crippen molar-refractivity contribution in [1.82, 2.24) is 9.97 Å². The van der Waals surface area contributed by atoms with Crippen LogP contribution in [0.3, 0.4) is 0 Å². The van der Waals surface area contributed by atoms with E-state index in [0.717, 1.165) is 5.56 Å². The molecule has 1 fully saturated rings. The summed E-state index contributed by atoms with van der Waals surface area (Å²) in [5, 5.41) is 11.4. The number of amides is 1. The number of benzene rings is 3. The van der Waals surface area contributed by atoms with Crippen molar-refractivity contribution in [3.63, 3.8) is 0 Å². The molecule has 37 heavy (non-hydrogen) atoms. The van der Waals surface area contributed by atoms with Crippen molar-refractivity contribution in [3.05, 3.63) is 94.8 Å². The van der Waals surface area contributed by atoms with E-state index in [4.69, 9.17) is 4.74 Å². The monoisotopic (exact) mass is 499 g/mol. The standard InChI is InChI=1S/C29H26FN3O4/c1-16(2)15-37-23-12-9-19(13-17(23)3)26(34)24-25(18-7-5-4-6-8-18)33(28(36)27(24)35)29-31-21-11-10-20(30)14-22(21)32-29/h4-14,16,25,34H,15H2,1-3H3,(H,31,32)/b26-24+. The molecular weight excluding hydrogens is 473 g/mol. The first kappa shape index (κ1) is 24.2. The molecule has 1 unspecified atom stereocenters. The molecule has 0 spiro atoms. The second-order valence-corrected chi connectivity index (χ2v) is 9.49. The first-order chi connectivity index (χ1) is 17.7. The molecular formula is C29H26FN3O4. The predicted molar refractivity (Wildman–Crippen MR) is 139 cm³/mol. The minimum atomic E-state index is -0.941. The molecule has 0 saturated carbocycles. The Bertz CT molecular complexity index is 1540. The predicted octanol–water partition coefficient (Wildman–Crippen LogP) is 5.67. The number of ether oxygens (including phenoxy) is 1. The Labute approximate surface area is 213 Å². The largest absolute Gasteiger partial charge is 0.507 e. The van der Waals surface area contributed by atoms with Gasteiger partial charge in [0, 0.05) is 5.56 Å². The van der Waals surface area contributed by atoms with Crippen LogP contribution in [0.5, 0.6) is 5.75 Å². The fourth-order valence-electron chi connectivity index (χ4n) is 4.45. The van der Waals surface area contributed by atoms with Crippen molar-refractivity contribution in [2.45, 2.75) is 26.8 Å². The molecule has 4 aromatic rings. The van der Waals surface area contributed by atoms with E-state index in [0.29, 0.717) is 40.4 Å². The van der Waals surface area contributed by atoms with E-state index in [1.165, 1.54) is 23.1 Å². The number of hydrogen-bond acceptors (Lipinski definition) is 5. The van der Waals surface area contributed by atoms with Crippen LogP contribution in [0.1, 0.15) is 36.6 Å². The second kappa shape index (κ2) is 9.54. The van der Waals surface area contributed by atoms with Crippen molar-refractivity contribution < 1.29 is 23.8 Å². The third-order valence-corrected chi connectivity index (χ3v) is 6.24. The minimum Gasteiger partial charge on any atom is -0.507 e. The average Bonchev–Trinajstić information content (AvgIpc) is 3.40. The number of hydrogen-bond donors (Lipinski definition) is 2. The smallest absolute Gasteiger partial charge is 0.302 e. The highest BCUT2D eigenvalue weighted by Crippen LogP contribution is 2.42. The SMILES string of the molecule is Cc1cc(/C(O)=C2\C(=O)C(=O)N(c3nc4ccc(F)cc4[nH]3)C2c2ccccc2)ccc1OCC(C)C. The second-order valence-electron chi connectivity index (χ2n) is 9.49. The van der Waals surface area contributed by atoms with E-state index >= 15 is 0 Å². The molecule has 0 radical (unpaired) electrons. The van der Waals surface area contributed by atoms with Crippen molar-refractivity contribution in [2.24, 2.45) is 5.92 Å². The first-order valence-electron chi connectivity index (χ1n) is 12.0. The van der Waals surface area contributed by atoms with Crippen LogP contribution in [0, 0.1) is 18.7 Å². The highest BCUT2D eigenvalue weighted by atomic mass is 19.1. The summed E-state index contributed by atoms with van der Waals surface area (Å²) in [6.07, 6.45) is 0. The molecule has 2 heterocycles. The number of aromatic amines is 1. The summed E-state index contributed by atoms with van der Waals surface area (Å²) in [7, 11) is 0. The quantitative estimate of drug-likeness (QED) is 0.202. The lowest BCUT2D eigenvalue weighted by molar-refractivity contribution is -0.132. The summed E-state index contributed by atoms with van der Waals surface area (Å²) in [5.74, 6) is -1.32. The summed E-state index contributed by atoms with van der Waals surface area (Å²) < 4.78 is 19.6. The molecule has 5 rings (SSSR count). The van der Waals surface area contributed by atoms with Gasteiger partial charge in [0.25, 0.3) is 5.78 Å². The van der Waals surface area contributed by atoms with Gasteiger partial charge in [-0.15, -0.1) is 0 Å². The number of aliphatic hydroxyl groups excluding tert-OH is 1. The average molecular weight is 500 g/mol. The molecule has 7 nitrogen and oxygen atoms in total. The van der Waals surface area contributed by atoms with Crippen LogP contribution >= 0.6 is 0 Å². The molecule has 2 N–H and O–H groups in total. The summed E-state index contributed by atoms with van der Waals surface area (Å²) in [4.78, 5) is 35.3. The number of imidazole rings is 1. The molecule has 188 valence electrons. The molecule has 0 bridgehead atoms. The summed E-state index contributed by atoms with van der Waals surface area (Å²) >= 11 is 0. The van der Waals surface area contributed by atoms with Crippen LogP contribution in [0.15, 0.2) is 72.3 Å². The van der Waals surface area contributed by atoms with Crippen LogP contribution in [0.25, 0.3) is 16.8 Å². The number of nitrogens with one attached hydrogen (secondary N) is 1. The van der Waals surface area contributed by atoms with Crippen molar-refractivity contribution in [3.8, 4) is 5.75 Å². The number of ketones is 1. The van der Waals surface area contributed by atoms with Crippen molar-refractivity contribution >= 4 is 34.4 Å². The van der Waals surface area contributed by atoms with Crippen LogP contribution in [0.4, 0.5) is 10.3 Å². The number of H-pyrrole nitrogens is 1. The molecule has 1 atom stereocenters. The molecule has 1 aromatic heterocycles. The Hall–Kier alpha value is -4.46. The number of fused-ring (bicyclic) bond motifs is 1. The van der Waals surface area contributed by atoms with Gasteiger partial charge >= 0.3 is 5.91 Å². The van der Waals surface area contributed by atoms with Crippen LogP contribution in [0.2, 0.25) is 0 Å². The van der Waals surface area contributed by atoms with Gasteiger partial charge in [0.1, 0.15) is 17.3 Å². The van der Waals surface area contributed by atoms with Gasteiger partial charge in [-0.05, 0) is 60.4 Å². The topological polar surface area (TPSA) is 95.5 Å². The first-order valence-corrected chi connectivity index (χ1v) is 12.0. The van der Waals surface area contributed by atoms with Gasteiger partial charge < -0.3 is 14.8 Å². The molecule has 3 aromatic carbocycles. The number of carbonyl (C=O) groups excluding carboxylic acids is 2. The number of aryl methyl sites for hydroxylation is 1. The third kappa shape index (κ3) is 4.46. The van der Waals surface area contributed by atoms with E-state index in [2.05, 4.69) is 23.8 Å². The maximum absolute atomic E-state index is 13.8. The maximum atomic E-state index is 13.8. The number of anilines is 1. The summed E-state index contributed by atoms with van der Waals surface area (Å²) in [6, 6.07) is 17.2. The lowest BCUT2D eigenvalue weighted by Crippen LogP contribution is -2.30. The van der Waals surface area contributed by atoms with Gasteiger partial charge in [0.05, 0.1) is 29.3 Å². The number of nitrogens with zero attached hydrogens (tertiary/aromatic N) is 2. The number of halogens is 1. The Balaban J connectivity index is 1.63.